The van der Waals surface area contributed by atoms with E-state index in [-0.39, 0.29) is 5.91 Å². The van der Waals surface area contributed by atoms with E-state index in [1.54, 1.807) is 36.3 Å². The minimum Gasteiger partial charge on any atom is -0.493 e. The Labute approximate surface area is 215 Å². The summed E-state index contributed by atoms with van der Waals surface area (Å²) in [6, 6.07) is 16.7. The molecule has 1 aliphatic rings. The van der Waals surface area contributed by atoms with Crippen molar-refractivity contribution in [1.82, 2.24) is 19.7 Å². The lowest BCUT2D eigenvalue weighted by molar-refractivity contribution is -0.113. The van der Waals surface area contributed by atoms with Crippen molar-refractivity contribution < 1.29 is 14.3 Å². The van der Waals surface area contributed by atoms with E-state index in [2.05, 4.69) is 15.6 Å². The third-order valence-electron chi connectivity index (χ3n) is 6.10. The number of anilines is 2. The van der Waals surface area contributed by atoms with Gasteiger partial charge in [-0.3, -0.25) is 9.78 Å². The molecule has 9 heteroatoms. The summed E-state index contributed by atoms with van der Waals surface area (Å²) in [5.41, 5.74) is 4.58. The van der Waals surface area contributed by atoms with E-state index in [0.717, 1.165) is 16.7 Å². The van der Waals surface area contributed by atoms with E-state index in [1.807, 2.05) is 63.2 Å². The van der Waals surface area contributed by atoms with Crippen molar-refractivity contribution in [3.05, 3.63) is 89.4 Å². The van der Waals surface area contributed by atoms with Crippen molar-refractivity contribution in [1.29, 1.82) is 0 Å². The summed E-state index contributed by atoms with van der Waals surface area (Å²) in [5.74, 6) is 2.04. The number of benzene rings is 2. The van der Waals surface area contributed by atoms with Crippen molar-refractivity contribution >= 4 is 17.5 Å². The number of rotatable bonds is 7. The minimum absolute atomic E-state index is 0.269. The van der Waals surface area contributed by atoms with Crippen LogP contribution in [0.3, 0.4) is 0 Å². The monoisotopic (exact) mass is 496 g/mol. The molecular weight excluding hydrogens is 468 g/mol. The zero-order valence-electron chi connectivity index (χ0n) is 21.1. The molecule has 2 N–H and O–H groups in total. The van der Waals surface area contributed by atoms with Gasteiger partial charge >= 0.3 is 0 Å². The topological polar surface area (TPSA) is 103 Å². The van der Waals surface area contributed by atoms with Crippen LogP contribution in [0.5, 0.6) is 11.5 Å². The summed E-state index contributed by atoms with van der Waals surface area (Å²) in [4.78, 5) is 22.5. The molecule has 0 bridgehead atoms. The Morgan fingerprint density at radius 3 is 2.70 bits per heavy atom. The van der Waals surface area contributed by atoms with Gasteiger partial charge in [-0.25, -0.2) is 4.68 Å². The molecule has 0 aliphatic carbocycles. The number of nitrogens with one attached hydrogen (secondary N) is 2. The van der Waals surface area contributed by atoms with Crippen LogP contribution in [0, 0.1) is 6.92 Å². The van der Waals surface area contributed by atoms with Crippen molar-refractivity contribution in [2.45, 2.75) is 26.8 Å². The Kier molecular flexibility index (Phi) is 6.59. The number of allylic oxidation sites excluding steroid dienone is 1. The second-order valence-corrected chi connectivity index (χ2v) is 8.68. The van der Waals surface area contributed by atoms with Crippen LogP contribution in [0.4, 0.5) is 11.6 Å². The van der Waals surface area contributed by atoms with Crippen LogP contribution >= 0.6 is 0 Å². The molecule has 0 spiro atoms. The number of ether oxygens (including phenoxy) is 2. The standard InChI is InChI=1S/C28H28N6O3/c1-5-37-22-12-11-19(15-23(22)36-4)25-24(27(35)31-21-10-7-13-29-16-21)18(3)30-28-32-26(33-34(25)28)20-9-6-8-17(2)14-20/h6-16,25H,5H2,1-4H3,(H,31,35)(H,30,32,33). The van der Waals surface area contributed by atoms with Crippen molar-refractivity contribution in [3.63, 3.8) is 0 Å². The first-order valence-electron chi connectivity index (χ1n) is 12.0. The fourth-order valence-electron chi connectivity index (χ4n) is 4.42. The average molecular weight is 497 g/mol. The Hall–Kier alpha value is -4.66. The number of pyridine rings is 1. The molecule has 2 aromatic heterocycles. The minimum atomic E-state index is -0.566. The molecule has 0 radical (unpaired) electrons. The molecule has 1 aliphatic heterocycles. The molecule has 2 aromatic carbocycles. The zero-order chi connectivity index (χ0) is 25.9. The second kappa shape index (κ2) is 10.1. The number of hydrogen-bond donors (Lipinski definition) is 2. The van der Waals surface area contributed by atoms with Crippen LogP contribution in [-0.4, -0.2) is 39.4 Å². The molecule has 0 fully saturated rings. The summed E-state index contributed by atoms with van der Waals surface area (Å²) in [7, 11) is 1.60. The van der Waals surface area contributed by atoms with Gasteiger partial charge in [-0.2, -0.15) is 4.98 Å². The van der Waals surface area contributed by atoms with Gasteiger partial charge in [0, 0.05) is 17.5 Å². The lowest BCUT2D eigenvalue weighted by atomic mass is 9.94. The number of aromatic nitrogens is 4. The summed E-state index contributed by atoms with van der Waals surface area (Å²) < 4.78 is 13.1. The lowest BCUT2D eigenvalue weighted by Gasteiger charge is -2.29. The van der Waals surface area contributed by atoms with E-state index in [0.29, 0.717) is 46.8 Å². The SMILES string of the molecule is CCOc1ccc(C2C(C(=O)Nc3cccnc3)=C(C)Nc3nc(-c4cccc(C)c4)nn32)cc1OC. The summed E-state index contributed by atoms with van der Waals surface area (Å²) >= 11 is 0. The van der Waals surface area contributed by atoms with E-state index < -0.39 is 6.04 Å². The third-order valence-corrected chi connectivity index (χ3v) is 6.10. The number of amides is 1. The highest BCUT2D eigenvalue weighted by Gasteiger charge is 2.35. The number of methoxy groups -OCH3 is 1. The number of hydrogen-bond acceptors (Lipinski definition) is 7. The average Bonchev–Trinajstić information content (AvgIpc) is 3.32. The third kappa shape index (κ3) is 4.75. The van der Waals surface area contributed by atoms with Crippen LogP contribution in [0.25, 0.3) is 11.4 Å². The molecule has 1 atom stereocenters. The number of carbonyl (C=O) groups is 1. The second-order valence-electron chi connectivity index (χ2n) is 8.68. The Morgan fingerprint density at radius 1 is 1.11 bits per heavy atom. The maximum Gasteiger partial charge on any atom is 0.255 e. The van der Waals surface area contributed by atoms with Crippen LogP contribution in [0.2, 0.25) is 0 Å². The quantitative estimate of drug-likeness (QED) is 0.372. The van der Waals surface area contributed by atoms with E-state index in [4.69, 9.17) is 19.6 Å². The molecular formula is C28H28N6O3. The molecule has 4 aromatic rings. The van der Waals surface area contributed by atoms with Crippen LogP contribution in [0.1, 0.15) is 31.0 Å². The number of aryl methyl sites for hydroxylation is 1. The van der Waals surface area contributed by atoms with Crippen LogP contribution < -0.4 is 20.1 Å². The van der Waals surface area contributed by atoms with E-state index >= 15 is 0 Å². The Balaban J connectivity index is 1.63. The molecule has 0 saturated carbocycles. The molecule has 9 nitrogen and oxygen atoms in total. The highest BCUT2D eigenvalue weighted by molar-refractivity contribution is 6.06. The van der Waals surface area contributed by atoms with Gasteiger partial charge in [-0.15, -0.1) is 5.10 Å². The number of nitrogens with zero attached hydrogens (tertiary/aromatic N) is 4. The summed E-state index contributed by atoms with van der Waals surface area (Å²) in [5, 5.41) is 11.1. The lowest BCUT2D eigenvalue weighted by Crippen LogP contribution is -2.31. The number of carbonyl (C=O) groups excluding carboxylic acids is 1. The largest absolute Gasteiger partial charge is 0.493 e. The van der Waals surface area contributed by atoms with Gasteiger partial charge in [-0.1, -0.05) is 29.8 Å². The Bertz CT molecular complexity index is 1480. The zero-order valence-corrected chi connectivity index (χ0v) is 21.1. The molecule has 1 amide bonds. The van der Waals surface area contributed by atoms with Crippen molar-refractivity contribution in [2.75, 3.05) is 24.4 Å². The van der Waals surface area contributed by atoms with Gasteiger partial charge in [0.15, 0.2) is 17.3 Å². The van der Waals surface area contributed by atoms with Crippen molar-refractivity contribution in [2.24, 2.45) is 0 Å². The highest BCUT2D eigenvalue weighted by Crippen LogP contribution is 2.40. The Morgan fingerprint density at radius 2 is 1.97 bits per heavy atom. The van der Waals surface area contributed by atoms with Gasteiger partial charge in [0.05, 0.1) is 31.2 Å². The maximum absolute atomic E-state index is 13.7. The fraction of sp³-hybridized carbons (Fsp3) is 0.214. The van der Waals surface area contributed by atoms with Crippen LogP contribution in [0.15, 0.2) is 78.3 Å². The predicted molar refractivity (Wildman–Crippen MR) is 142 cm³/mol. The van der Waals surface area contributed by atoms with Gasteiger partial charge < -0.3 is 20.1 Å². The fourth-order valence-corrected chi connectivity index (χ4v) is 4.42. The maximum atomic E-state index is 13.7. The smallest absolute Gasteiger partial charge is 0.255 e. The van der Waals surface area contributed by atoms with Gasteiger partial charge in [0.2, 0.25) is 5.95 Å². The summed E-state index contributed by atoms with van der Waals surface area (Å²) in [6.07, 6.45) is 3.27. The number of fused-ring (bicyclic) bond motifs is 1. The molecule has 1 unspecified atom stereocenters. The predicted octanol–water partition coefficient (Wildman–Crippen LogP) is 4.98. The highest BCUT2D eigenvalue weighted by atomic mass is 16.5. The normalized spacial score (nSPS) is 14.5. The first-order valence-corrected chi connectivity index (χ1v) is 12.0. The van der Waals surface area contributed by atoms with Gasteiger partial charge in [0.1, 0.15) is 6.04 Å². The van der Waals surface area contributed by atoms with Gasteiger partial charge in [0.25, 0.3) is 5.91 Å². The molecule has 0 saturated heterocycles. The molecule has 188 valence electrons. The van der Waals surface area contributed by atoms with Gasteiger partial charge in [-0.05, 0) is 56.7 Å². The van der Waals surface area contributed by atoms with E-state index in [1.165, 1.54) is 0 Å². The van der Waals surface area contributed by atoms with Crippen LogP contribution in [-0.2, 0) is 4.79 Å². The molecule has 3 heterocycles. The van der Waals surface area contributed by atoms with E-state index in [9.17, 15) is 4.79 Å². The first kappa shape index (κ1) is 24.1. The molecule has 37 heavy (non-hydrogen) atoms. The van der Waals surface area contributed by atoms with Crippen molar-refractivity contribution in [3.8, 4) is 22.9 Å². The first-order chi connectivity index (χ1) is 18.0. The summed E-state index contributed by atoms with van der Waals surface area (Å²) in [6.45, 7) is 6.32. The molecule has 5 rings (SSSR count).